The Morgan fingerprint density at radius 1 is 0.338 bits per heavy atom. The Hall–Kier alpha value is -9.46. The van der Waals surface area contributed by atoms with Crippen molar-refractivity contribution in [3.8, 4) is 68.3 Å². The van der Waals surface area contributed by atoms with Gasteiger partial charge in [0.1, 0.15) is 17.2 Å². The number of para-hydroxylation sites is 6. The maximum absolute atomic E-state index is 7.75. The third kappa shape index (κ3) is 5.37. The van der Waals surface area contributed by atoms with E-state index in [9.17, 15) is 0 Å². The fraction of sp³-hybridized carbons (Fsp3) is 0.0312. The molecule has 7 heteroatoms. The molecule has 6 heterocycles. The van der Waals surface area contributed by atoms with Crippen molar-refractivity contribution in [2.24, 2.45) is 0 Å². The standard InChI is InChI=1S/C64H39N5O2/c1-3-19-40(20-4-1)51-39-52(41-21-5-2-6-22-41)68-62(67-51)42-23-15-28-49-60(42)71-61-50(64(49)47-30-17-37-65-58(47)59-48(64)31-18-38-66-59)29-16-34-55(61)69-53-32-11-7-24-43(53)63(44-25-8-12-33-54(44)69)45-26-9-13-35-56(45)70-57-36-14-10-27-46(57)63/h1-39H. The summed E-state index contributed by atoms with van der Waals surface area (Å²) in [4.78, 5) is 23.3. The zero-order chi connectivity index (χ0) is 46.7. The molecule has 0 bridgehead atoms. The van der Waals surface area contributed by atoms with E-state index in [0.29, 0.717) is 11.6 Å². The monoisotopic (exact) mass is 909 g/mol. The van der Waals surface area contributed by atoms with E-state index in [1.54, 1.807) is 0 Å². The molecule has 71 heavy (non-hydrogen) atoms. The molecule has 0 unspecified atom stereocenters. The van der Waals surface area contributed by atoms with Gasteiger partial charge in [-0.1, -0.05) is 170 Å². The van der Waals surface area contributed by atoms with Gasteiger partial charge in [-0.2, -0.15) is 0 Å². The molecular formula is C64H39N5O2. The van der Waals surface area contributed by atoms with Crippen molar-refractivity contribution < 1.29 is 9.47 Å². The molecule has 8 aromatic carbocycles. The summed E-state index contributed by atoms with van der Waals surface area (Å²) in [6.07, 6.45) is 3.73. The van der Waals surface area contributed by atoms with E-state index in [1.165, 1.54) is 0 Å². The zero-order valence-corrected chi connectivity index (χ0v) is 38.1. The number of aromatic nitrogens is 4. The van der Waals surface area contributed by atoms with Crippen LogP contribution >= 0.6 is 0 Å². The number of hydrogen-bond donors (Lipinski definition) is 0. The first kappa shape index (κ1) is 39.5. The fourth-order valence-electron chi connectivity index (χ4n) is 12.1. The lowest BCUT2D eigenvalue weighted by molar-refractivity contribution is 0.433. The number of hydrogen-bond acceptors (Lipinski definition) is 7. The molecule has 3 aromatic heterocycles. The topological polar surface area (TPSA) is 73.3 Å². The fourth-order valence-corrected chi connectivity index (χ4v) is 12.1. The minimum absolute atomic E-state index is 0.557. The molecule has 7 nitrogen and oxygen atoms in total. The highest BCUT2D eigenvalue weighted by Gasteiger charge is 2.55. The molecule has 11 aromatic rings. The molecule has 332 valence electrons. The molecule has 3 aliphatic heterocycles. The second-order valence-electron chi connectivity index (χ2n) is 18.4. The van der Waals surface area contributed by atoms with E-state index in [4.69, 9.17) is 29.4 Å². The van der Waals surface area contributed by atoms with Crippen LogP contribution in [0.2, 0.25) is 0 Å². The second-order valence-corrected chi connectivity index (χ2v) is 18.4. The first-order valence-corrected chi connectivity index (χ1v) is 24.0. The van der Waals surface area contributed by atoms with Gasteiger partial charge in [0.15, 0.2) is 11.6 Å². The third-order valence-corrected chi connectivity index (χ3v) is 14.9. The molecule has 1 aliphatic carbocycles. The van der Waals surface area contributed by atoms with Gasteiger partial charge in [-0.15, -0.1) is 0 Å². The predicted octanol–water partition coefficient (Wildman–Crippen LogP) is 15.0. The van der Waals surface area contributed by atoms with Crippen LogP contribution in [-0.2, 0) is 10.8 Å². The van der Waals surface area contributed by atoms with Gasteiger partial charge in [-0.05, 0) is 76.9 Å². The molecule has 0 saturated carbocycles. The number of fused-ring (bicyclic) bond motifs is 17. The molecule has 2 spiro atoms. The average molecular weight is 910 g/mol. The number of nitrogens with zero attached hydrogens (tertiary/aromatic N) is 5. The summed E-state index contributed by atoms with van der Waals surface area (Å²) in [5.41, 5.74) is 15.9. The van der Waals surface area contributed by atoms with Gasteiger partial charge >= 0.3 is 0 Å². The summed E-state index contributed by atoms with van der Waals surface area (Å²) in [6, 6.07) is 78.8. The number of pyridine rings is 2. The second kappa shape index (κ2) is 15.0. The molecule has 0 fully saturated rings. The van der Waals surface area contributed by atoms with Crippen LogP contribution in [-0.4, -0.2) is 19.9 Å². The molecule has 0 atom stereocenters. The highest BCUT2D eigenvalue weighted by atomic mass is 16.5. The van der Waals surface area contributed by atoms with Gasteiger partial charge in [-0.3, -0.25) is 9.97 Å². The van der Waals surface area contributed by atoms with Crippen LogP contribution in [0.1, 0.15) is 44.5 Å². The highest BCUT2D eigenvalue weighted by molar-refractivity contribution is 5.95. The van der Waals surface area contributed by atoms with Gasteiger partial charge in [0.05, 0.1) is 56.2 Å². The van der Waals surface area contributed by atoms with Crippen LogP contribution in [0.5, 0.6) is 23.0 Å². The van der Waals surface area contributed by atoms with Crippen LogP contribution in [0.4, 0.5) is 17.1 Å². The lowest BCUT2D eigenvalue weighted by atomic mass is 9.61. The summed E-state index contributed by atoms with van der Waals surface area (Å²) in [7, 11) is 0. The number of rotatable bonds is 4. The van der Waals surface area contributed by atoms with Gasteiger partial charge in [0, 0.05) is 45.8 Å². The van der Waals surface area contributed by atoms with Gasteiger partial charge < -0.3 is 14.4 Å². The highest BCUT2D eigenvalue weighted by Crippen LogP contribution is 2.67. The zero-order valence-electron chi connectivity index (χ0n) is 38.1. The largest absolute Gasteiger partial charge is 0.457 e. The molecule has 0 saturated heterocycles. The van der Waals surface area contributed by atoms with Crippen molar-refractivity contribution in [1.82, 2.24) is 19.9 Å². The Morgan fingerprint density at radius 2 is 0.775 bits per heavy atom. The summed E-state index contributed by atoms with van der Waals surface area (Å²) in [6.45, 7) is 0. The summed E-state index contributed by atoms with van der Waals surface area (Å²) in [5.74, 6) is 3.62. The van der Waals surface area contributed by atoms with Crippen molar-refractivity contribution in [3.05, 3.63) is 281 Å². The Kier molecular flexibility index (Phi) is 8.36. The van der Waals surface area contributed by atoms with Crippen LogP contribution in [0.25, 0.3) is 45.3 Å². The van der Waals surface area contributed by atoms with Crippen molar-refractivity contribution in [3.63, 3.8) is 0 Å². The minimum atomic E-state index is -0.893. The van der Waals surface area contributed by atoms with Crippen LogP contribution in [0, 0.1) is 0 Å². The van der Waals surface area contributed by atoms with Crippen molar-refractivity contribution in [2.75, 3.05) is 4.90 Å². The van der Waals surface area contributed by atoms with Crippen LogP contribution in [0.15, 0.2) is 237 Å². The molecule has 4 aliphatic rings. The first-order chi connectivity index (χ1) is 35.2. The Morgan fingerprint density at radius 3 is 1.35 bits per heavy atom. The van der Waals surface area contributed by atoms with Crippen LogP contribution in [0.3, 0.4) is 0 Å². The quantitative estimate of drug-likeness (QED) is 0.174. The Bertz CT molecular complexity index is 3790. The van der Waals surface area contributed by atoms with Crippen molar-refractivity contribution in [1.29, 1.82) is 0 Å². The smallest absolute Gasteiger partial charge is 0.164 e. The third-order valence-electron chi connectivity index (χ3n) is 14.9. The summed E-state index contributed by atoms with van der Waals surface area (Å²) < 4.78 is 14.5. The maximum atomic E-state index is 7.75. The lowest BCUT2D eigenvalue weighted by Crippen LogP contribution is -2.40. The Labute approximate surface area is 410 Å². The van der Waals surface area contributed by atoms with E-state index < -0.39 is 10.8 Å². The van der Waals surface area contributed by atoms with E-state index in [0.717, 1.165) is 118 Å². The SMILES string of the molecule is c1ccc(-c2cc(-c3ccccc3)nc(-c3cccc4c3Oc3c(N5c6ccccc6C6(c7ccccc7Oc7ccccc76)c6ccccc65)cccc3C43c4cccnc4-c4ncccc43)n2)cc1. The number of ether oxygens (including phenoxy) is 2. The first-order valence-electron chi connectivity index (χ1n) is 24.0. The maximum Gasteiger partial charge on any atom is 0.164 e. The van der Waals surface area contributed by atoms with Crippen molar-refractivity contribution >= 4 is 17.1 Å². The van der Waals surface area contributed by atoms with Crippen molar-refractivity contribution in [2.45, 2.75) is 10.8 Å². The van der Waals surface area contributed by atoms with E-state index >= 15 is 0 Å². The molecule has 0 radical (unpaired) electrons. The van der Waals surface area contributed by atoms with E-state index in [-0.39, 0.29) is 0 Å². The number of benzene rings is 8. The molecule has 0 amide bonds. The van der Waals surface area contributed by atoms with E-state index in [2.05, 4.69) is 181 Å². The predicted molar refractivity (Wildman–Crippen MR) is 278 cm³/mol. The van der Waals surface area contributed by atoms with Crippen LogP contribution < -0.4 is 14.4 Å². The lowest BCUT2D eigenvalue weighted by Gasteiger charge is -2.49. The van der Waals surface area contributed by atoms with Gasteiger partial charge in [0.25, 0.3) is 0 Å². The molecule has 0 N–H and O–H groups in total. The summed E-state index contributed by atoms with van der Waals surface area (Å²) >= 11 is 0. The minimum Gasteiger partial charge on any atom is -0.457 e. The molecule has 15 rings (SSSR count). The number of anilines is 3. The molecular weight excluding hydrogens is 871 g/mol. The van der Waals surface area contributed by atoms with Gasteiger partial charge in [-0.25, -0.2) is 9.97 Å². The van der Waals surface area contributed by atoms with Gasteiger partial charge in [0.2, 0.25) is 0 Å². The average Bonchev–Trinajstić information content (AvgIpc) is 3.73. The normalized spacial score (nSPS) is 14.3. The summed E-state index contributed by atoms with van der Waals surface area (Å²) in [5, 5.41) is 0. The van der Waals surface area contributed by atoms with E-state index in [1.807, 2.05) is 60.9 Å². The Balaban J connectivity index is 1.03.